The molecule has 20 heavy (non-hydrogen) atoms. The third-order valence-corrected chi connectivity index (χ3v) is 3.37. The lowest BCUT2D eigenvalue weighted by Crippen LogP contribution is -2.28. The second-order valence-corrected chi connectivity index (χ2v) is 4.72. The lowest BCUT2D eigenvalue weighted by molar-refractivity contribution is -0.384. The molecule has 0 atom stereocenters. The van der Waals surface area contributed by atoms with Crippen molar-refractivity contribution in [3.05, 3.63) is 33.9 Å². The summed E-state index contributed by atoms with van der Waals surface area (Å²) in [7, 11) is 1.79. The topological polar surface area (TPSA) is 87.5 Å². The summed E-state index contributed by atoms with van der Waals surface area (Å²) in [6.45, 7) is 2.62. The van der Waals surface area contributed by atoms with Crippen molar-refractivity contribution in [3.8, 4) is 0 Å². The first-order chi connectivity index (χ1) is 9.60. The number of carbonyl (C=O) groups is 1. The minimum absolute atomic E-state index is 0.0559. The first-order valence-corrected chi connectivity index (χ1v) is 6.54. The standard InChI is InChI=1S/C13H18N4O3/c1-14-12-3-2-11(17(19)20)8-10(12)9-16-6-4-13(18)15-5-7-16/h2-3,8,14H,4-7,9H2,1H3,(H,15,18). The fraction of sp³-hybridized carbons (Fsp3) is 0.462. The molecular weight excluding hydrogens is 260 g/mol. The van der Waals surface area contributed by atoms with Crippen molar-refractivity contribution in [2.75, 3.05) is 32.0 Å². The van der Waals surface area contributed by atoms with E-state index in [0.717, 1.165) is 17.8 Å². The average Bonchev–Trinajstić information content (AvgIpc) is 2.63. The summed E-state index contributed by atoms with van der Waals surface area (Å²) in [5.41, 5.74) is 1.83. The van der Waals surface area contributed by atoms with Gasteiger partial charge in [-0.25, -0.2) is 0 Å². The number of non-ortho nitro benzene ring substituents is 1. The summed E-state index contributed by atoms with van der Waals surface area (Å²) in [5.74, 6) is 0.0559. The first-order valence-electron chi connectivity index (χ1n) is 6.54. The van der Waals surface area contributed by atoms with Crippen LogP contribution in [-0.2, 0) is 11.3 Å². The molecule has 1 aliphatic rings. The predicted octanol–water partition coefficient (Wildman–Crippen LogP) is 0.958. The number of nitrogens with one attached hydrogen (secondary N) is 2. The third kappa shape index (κ3) is 3.45. The molecular formula is C13H18N4O3. The van der Waals surface area contributed by atoms with Crippen LogP contribution in [0.4, 0.5) is 11.4 Å². The van der Waals surface area contributed by atoms with Gasteiger partial charge in [0, 0.05) is 57.5 Å². The summed E-state index contributed by atoms with van der Waals surface area (Å²) in [6.07, 6.45) is 0.462. The number of hydrogen-bond donors (Lipinski definition) is 2. The Morgan fingerprint density at radius 3 is 2.95 bits per heavy atom. The number of carbonyl (C=O) groups excluding carboxylic acids is 1. The zero-order valence-corrected chi connectivity index (χ0v) is 11.4. The molecule has 0 unspecified atom stereocenters. The number of amides is 1. The smallest absolute Gasteiger partial charge is 0.269 e. The van der Waals surface area contributed by atoms with Crippen LogP contribution in [0.15, 0.2) is 18.2 Å². The Morgan fingerprint density at radius 2 is 2.25 bits per heavy atom. The second kappa shape index (κ2) is 6.33. The molecule has 0 radical (unpaired) electrons. The van der Waals surface area contributed by atoms with Crippen molar-refractivity contribution < 1.29 is 9.72 Å². The van der Waals surface area contributed by atoms with Gasteiger partial charge in [-0.15, -0.1) is 0 Å². The molecule has 2 N–H and O–H groups in total. The Morgan fingerprint density at radius 1 is 1.45 bits per heavy atom. The molecule has 0 spiro atoms. The van der Waals surface area contributed by atoms with E-state index in [4.69, 9.17) is 0 Å². The monoisotopic (exact) mass is 278 g/mol. The fourth-order valence-electron chi connectivity index (χ4n) is 2.28. The molecule has 1 fully saturated rings. The van der Waals surface area contributed by atoms with Gasteiger partial charge in [-0.2, -0.15) is 0 Å². The molecule has 0 saturated carbocycles. The van der Waals surface area contributed by atoms with Gasteiger partial charge < -0.3 is 10.6 Å². The van der Waals surface area contributed by atoms with Gasteiger partial charge in [-0.05, 0) is 11.6 Å². The Bertz CT molecular complexity index is 518. The summed E-state index contributed by atoms with van der Waals surface area (Å²) >= 11 is 0. The maximum absolute atomic E-state index is 11.3. The quantitative estimate of drug-likeness (QED) is 0.632. The number of benzene rings is 1. The third-order valence-electron chi connectivity index (χ3n) is 3.37. The molecule has 1 saturated heterocycles. The Hall–Kier alpha value is -2.15. The van der Waals surface area contributed by atoms with Crippen LogP contribution in [0.1, 0.15) is 12.0 Å². The lowest BCUT2D eigenvalue weighted by Gasteiger charge is -2.20. The minimum atomic E-state index is -0.392. The minimum Gasteiger partial charge on any atom is -0.388 e. The predicted molar refractivity (Wildman–Crippen MR) is 75.5 cm³/mol. The van der Waals surface area contributed by atoms with Crippen molar-refractivity contribution in [2.24, 2.45) is 0 Å². The Balaban J connectivity index is 2.16. The lowest BCUT2D eigenvalue weighted by atomic mass is 10.1. The van der Waals surface area contributed by atoms with Gasteiger partial charge in [0.05, 0.1) is 4.92 Å². The summed E-state index contributed by atoms with van der Waals surface area (Å²) in [5, 5.41) is 16.7. The largest absolute Gasteiger partial charge is 0.388 e. The van der Waals surface area contributed by atoms with Crippen molar-refractivity contribution in [3.63, 3.8) is 0 Å². The highest BCUT2D eigenvalue weighted by molar-refractivity contribution is 5.76. The highest BCUT2D eigenvalue weighted by atomic mass is 16.6. The molecule has 7 nitrogen and oxygen atoms in total. The molecule has 1 heterocycles. The van der Waals surface area contributed by atoms with Gasteiger partial charge in [-0.1, -0.05) is 0 Å². The van der Waals surface area contributed by atoms with Gasteiger partial charge in [0.2, 0.25) is 5.91 Å². The van der Waals surface area contributed by atoms with Crippen molar-refractivity contribution in [2.45, 2.75) is 13.0 Å². The molecule has 0 aromatic heterocycles. The molecule has 1 amide bonds. The fourth-order valence-corrected chi connectivity index (χ4v) is 2.28. The first kappa shape index (κ1) is 14.3. The maximum Gasteiger partial charge on any atom is 0.269 e. The van der Waals surface area contributed by atoms with Crippen LogP contribution >= 0.6 is 0 Å². The Kier molecular flexibility index (Phi) is 4.52. The van der Waals surface area contributed by atoms with Crippen molar-refractivity contribution in [1.29, 1.82) is 0 Å². The van der Waals surface area contributed by atoms with E-state index in [0.29, 0.717) is 26.1 Å². The zero-order valence-electron chi connectivity index (χ0n) is 11.4. The van der Waals surface area contributed by atoms with Crippen LogP contribution in [0.5, 0.6) is 0 Å². The maximum atomic E-state index is 11.3. The molecule has 108 valence electrons. The van der Waals surface area contributed by atoms with Gasteiger partial charge in [-0.3, -0.25) is 19.8 Å². The summed E-state index contributed by atoms with van der Waals surface area (Å²) in [4.78, 5) is 23.9. The highest BCUT2D eigenvalue weighted by Gasteiger charge is 2.16. The highest BCUT2D eigenvalue weighted by Crippen LogP contribution is 2.23. The number of nitro benzene ring substituents is 1. The molecule has 1 aromatic carbocycles. The number of rotatable bonds is 4. The van der Waals surface area contributed by atoms with E-state index in [1.54, 1.807) is 19.2 Å². The van der Waals surface area contributed by atoms with Crippen LogP contribution in [-0.4, -0.2) is 42.4 Å². The van der Waals surface area contributed by atoms with Gasteiger partial charge in [0.1, 0.15) is 0 Å². The average molecular weight is 278 g/mol. The van der Waals surface area contributed by atoms with E-state index >= 15 is 0 Å². The molecule has 1 aromatic rings. The van der Waals surface area contributed by atoms with Crippen LogP contribution in [0.25, 0.3) is 0 Å². The van der Waals surface area contributed by atoms with E-state index in [9.17, 15) is 14.9 Å². The number of nitro groups is 1. The zero-order chi connectivity index (χ0) is 14.5. The molecule has 0 aliphatic carbocycles. The van der Waals surface area contributed by atoms with Crippen LogP contribution < -0.4 is 10.6 Å². The van der Waals surface area contributed by atoms with Gasteiger partial charge in [0.15, 0.2) is 0 Å². The van der Waals surface area contributed by atoms with E-state index in [-0.39, 0.29) is 11.6 Å². The van der Waals surface area contributed by atoms with E-state index in [2.05, 4.69) is 15.5 Å². The number of nitrogens with zero attached hydrogens (tertiary/aromatic N) is 2. The normalized spacial score (nSPS) is 16.4. The van der Waals surface area contributed by atoms with E-state index in [1.165, 1.54) is 6.07 Å². The summed E-state index contributed by atoms with van der Waals surface area (Å²) in [6, 6.07) is 4.80. The van der Waals surface area contributed by atoms with Crippen LogP contribution in [0, 0.1) is 10.1 Å². The van der Waals surface area contributed by atoms with Crippen molar-refractivity contribution in [1.82, 2.24) is 10.2 Å². The van der Waals surface area contributed by atoms with Gasteiger partial charge >= 0.3 is 0 Å². The molecule has 2 rings (SSSR count). The SMILES string of the molecule is CNc1ccc([N+](=O)[O-])cc1CN1CCNC(=O)CC1. The van der Waals surface area contributed by atoms with Crippen molar-refractivity contribution >= 4 is 17.3 Å². The van der Waals surface area contributed by atoms with Crippen LogP contribution in [0.3, 0.4) is 0 Å². The molecule has 0 bridgehead atoms. The van der Waals surface area contributed by atoms with E-state index in [1.807, 2.05) is 0 Å². The number of anilines is 1. The molecule has 1 aliphatic heterocycles. The second-order valence-electron chi connectivity index (χ2n) is 4.72. The number of hydrogen-bond acceptors (Lipinski definition) is 5. The Labute approximate surface area is 117 Å². The van der Waals surface area contributed by atoms with Gasteiger partial charge in [0.25, 0.3) is 5.69 Å². The summed E-state index contributed by atoms with van der Waals surface area (Å²) < 4.78 is 0. The molecule has 7 heteroatoms. The van der Waals surface area contributed by atoms with E-state index < -0.39 is 4.92 Å². The van der Waals surface area contributed by atoms with Crippen LogP contribution in [0.2, 0.25) is 0 Å².